The Kier molecular flexibility index (Phi) is 5.45. The SMILES string of the molecule is O=S(=O)(NCc1cn(-c2ccccc2)nc1-c1ccccc1)c1ccc(Br)s1. The van der Waals surface area contributed by atoms with Crippen molar-refractivity contribution in [2.45, 2.75) is 10.8 Å². The zero-order valence-corrected chi connectivity index (χ0v) is 17.8. The van der Waals surface area contributed by atoms with Crippen LogP contribution in [0.4, 0.5) is 0 Å². The summed E-state index contributed by atoms with van der Waals surface area (Å²) in [4.78, 5) is 0. The first kappa shape index (κ1) is 19.1. The molecule has 0 unspecified atom stereocenters. The lowest BCUT2D eigenvalue weighted by atomic mass is 10.1. The van der Waals surface area contributed by atoms with Crippen molar-refractivity contribution in [3.05, 3.63) is 88.3 Å². The number of sulfonamides is 1. The van der Waals surface area contributed by atoms with Crippen LogP contribution < -0.4 is 4.72 Å². The topological polar surface area (TPSA) is 64.0 Å². The van der Waals surface area contributed by atoms with E-state index < -0.39 is 10.0 Å². The minimum Gasteiger partial charge on any atom is -0.240 e. The first-order chi connectivity index (χ1) is 13.5. The number of hydrogen-bond donors (Lipinski definition) is 1. The molecule has 0 bridgehead atoms. The van der Waals surface area contributed by atoms with E-state index in [0.29, 0.717) is 0 Å². The highest BCUT2D eigenvalue weighted by Crippen LogP contribution is 2.27. The van der Waals surface area contributed by atoms with Crippen LogP contribution in [0, 0.1) is 0 Å². The molecule has 142 valence electrons. The summed E-state index contributed by atoms with van der Waals surface area (Å²) < 4.78 is 30.7. The van der Waals surface area contributed by atoms with Gasteiger partial charge < -0.3 is 0 Å². The number of rotatable bonds is 6. The summed E-state index contributed by atoms with van der Waals surface area (Å²) in [7, 11) is -3.59. The molecule has 0 aliphatic heterocycles. The van der Waals surface area contributed by atoms with Gasteiger partial charge >= 0.3 is 0 Å². The summed E-state index contributed by atoms with van der Waals surface area (Å²) >= 11 is 4.48. The number of thiophene rings is 1. The highest BCUT2D eigenvalue weighted by Gasteiger charge is 2.19. The summed E-state index contributed by atoms with van der Waals surface area (Å²) in [5.74, 6) is 0. The van der Waals surface area contributed by atoms with E-state index in [2.05, 4.69) is 20.7 Å². The van der Waals surface area contributed by atoms with Crippen molar-refractivity contribution in [2.24, 2.45) is 0 Å². The van der Waals surface area contributed by atoms with Crippen molar-refractivity contribution < 1.29 is 8.42 Å². The molecule has 0 amide bonds. The summed E-state index contributed by atoms with van der Waals surface area (Å²) in [6.07, 6.45) is 1.87. The third kappa shape index (κ3) is 4.10. The van der Waals surface area contributed by atoms with Gasteiger partial charge in [0.2, 0.25) is 10.0 Å². The maximum Gasteiger partial charge on any atom is 0.250 e. The Labute approximate surface area is 175 Å². The van der Waals surface area contributed by atoms with Gasteiger partial charge in [-0.25, -0.2) is 17.8 Å². The van der Waals surface area contributed by atoms with Crippen LogP contribution in [0.15, 0.2) is 87.0 Å². The third-order valence-corrected chi connectivity index (χ3v) is 7.64. The summed E-state index contributed by atoms with van der Waals surface area (Å²) in [6, 6.07) is 22.8. The summed E-state index contributed by atoms with van der Waals surface area (Å²) in [5.41, 5.74) is 3.40. The zero-order valence-electron chi connectivity index (χ0n) is 14.6. The van der Waals surface area contributed by atoms with Crippen molar-refractivity contribution in [3.63, 3.8) is 0 Å². The lowest BCUT2D eigenvalue weighted by molar-refractivity contribution is 0.583. The predicted molar refractivity (Wildman–Crippen MR) is 115 cm³/mol. The molecule has 4 aromatic rings. The number of aromatic nitrogens is 2. The monoisotopic (exact) mass is 473 g/mol. The second-order valence-electron chi connectivity index (χ2n) is 6.03. The standard InChI is InChI=1S/C20H16BrN3O2S2/c21-18-11-12-19(27-18)28(25,26)22-13-16-14-24(17-9-5-2-6-10-17)23-20(16)15-7-3-1-4-8-15/h1-12,14,22H,13H2. The molecule has 1 N–H and O–H groups in total. The molecular weight excluding hydrogens is 458 g/mol. The third-order valence-electron chi connectivity index (χ3n) is 4.12. The Morgan fingerprint density at radius 3 is 2.29 bits per heavy atom. The van der Waals surface area contributed by atoms with Gasteiger partial charge in [-0.1, -0.05) is 48.5 Å². The van der Waals surface area contributed by atoms with Crippen LogP contribution in [0.2, 0.25) is 0 Å². The number of hydrogen-bond acceptors (Lipinski definition) is 4. The molecule has 5 nitrogen and oxygen atoms in total. The molecule has 2 heterocycles. The van der Waals surface area contributed by atoms with Gasteiger partial charge in [0, 0.05) is 23.9 Å². The van der Waals surface area contributed by atoms with E-state index in [9.17, 15) is 8.42 Å². The molecule has 2 aromatic heterocycles. The van der Waals surface area contributed by atoms with E-state index in [-0.39, 0.29) is 10.8 Å². The molecule has 0 fully saturated rings. The zero-order chi connectivity index (χ0) is 19.6. The maximum atomic E-state index is 12.6. The smallest absolute Gasteiger partial charge is 0.240 e. The van der Waals surface area contributed by atoms with E-state index in [1.165, 1.54) is 11.3 Å². The molecule has 0 saturated heterocycles. The van der Waals surface area contributed by atoms with Gasteiger partial charge in [-0.05, 0) is 40.2 Å². The van der Waals surface area contributed by atoms with Gasteiger partial charge in [-0.3, -0.25) is 0 Å². The largest absolute Gasteiger partial charge is 0.250 e. The van der Waals surface area contributed by atoms with Crippen LogP contribution in [-0.2, 0) is 16.6 Å². The van der Waals surface area contributed by atoms with Crippen LogP contribution in [-0.4, -0.2) is 18.2 Å². The fourth-order valence-corrected chi connectivity index (χ4v) is 5.84. The highest BCUT2D eigenvalue weighted by molar-refractivity contribution is 9.11. The molecule has 0 saturated carbocycles. The van der Waals surface area contributed by atoms with E-state index in [0.717, 1.165) is 26.3 Å². The van der Waals surface area contributed by atoms with Gasteiger partial charge in [-0.2, -0.15) is 5.10 Å². The Bertz CT molecular complexity index is 1190. The fourth-order valence-electron chi connectivity index (χ4n) is 2.78. The molecule has 0 atom stereocenters. The molecule has 28 heavy (non-hydrogen) atoms. The van der Waals surface area contributed by atoms with Crippen molar-refractivity contribution in [1.29, 1.82) is 0 Å². The van der Waals surface area contributed by atoms with Crippen LogP contribution >= 0.6 is 27.3 Å². The minimum atomic E-state index is -3.59. The molecule has 4 rings (SSSR count). The molecule has 2 aromatic carbocycles. The van der Waals surface area contributed by atoms with Crippen LogP contribution in [0.3, 0.4) is 0 Å². The van der Waals surface area contributed by atoms with E-state index in [1.54, 1.807) is 16.8 Å². The second kappa shape index (κ2) is 8.00. The normalized spacial score (nSPS) is 11.6. The predicted octanol–water partition coefficient (Wildman–Crippen LogP) is 4.84. The van der Waals surface area contributed by atoms with Crippen molar-refractivity contribution in [3.8, 4) is 16.9 Å². The lowest BCUT2D eigenvalue weighted by Crippen LogP contribution is -2.22. The van der Waals surface area contributed by atoms with Crippen LogP contribution in [0.5, 0.6) is 0 Å². The van der Waals surface area contributed by atoms with E-state index in [4.69, 9.17) is 5.10 Å². The lowest BCUT2D eigenvalue weighted by Gasteiger charge is -2.05. The average molecular weight is 474 g/mol. The van der Waals surface area contributed by atoms with Crippen LogP contribution in [0.25, 0.3) is 16.9 Å². The van der Waals surface area contributed by atoms with Gasteiger partial charge in [0.25, 0.3) is 0 Å². The Morgan fingerprint density at radius 2 is 1.64 bits per heavy atom. The van der Waals surface area contributed by atoms with Gasteiger partial charge in [0.05, 0.1) is 15.2 Å². The Balaban J connectivity index is 1.68. The van der Waals surface area contributed by atoms with E-state index >= 15 is 0 Å². The Morgan fingerprint density at radius 1 is 0.964 bits per heavy atom. The van der Waals surface area contributed by atoms with Crippen molar-refractivity contribution >= 4 is 37.3 Å². The average Bonchev–Trinajstić information content (AvgIpc) is 3.35. The summed E-state index contributed by atoms with van der Waals surface area (Å²) in [5, 5.41) is 4.71. The van der Waals surface area contributed by atoms with Crippen molar-refractivity contribution in [2.75, 3.05) is 0 Å². The Hall–Kier alpha value is -2.26. The number of benzene rings is 2. The van der Waals surface area contributed by atoms with Gasteiger partial charge in [0.15, 0.2) is 0 Å². The summed E-state index contributed by atoms with van der Waals surface area (Å²) in [6.45, 7) is 0.148. The fraction of sp³-hybridized carbons (Fsp3) is 0.0500. The van der Waals surface area contributed by atoms with Crippen LogP contribution in [0.1, 0.15) is 5.56 Å². The molecule has 8 heteroatoms. The first-order valence-corrected chi connectivity index (χ1v) is 11.6. The highest BCUT2D eigenvalue weighted by atomic mass is 79.9. The van der Waals surface area contributed by atoms with Crippen molar-refractivity contribution in [1.82, 2.24) is 14.5 Å². The number of nitrogens with zero attached hydrogens (tertiary/aromatic N) is 2. The molecule has 0 aliphatic carbocycles. The number of para-hydroxylation sites is 1. The quantitative estimate of drug-likeness (QED) is 0.435. The molecular formula is C20H16BrN3O2S2. The van der Waals surface area contributed by atoms with Gasteiger partial charge in [0.1, 0.15) is 4.21 Å². The first-order valence-electron chi connectivity index (χ1n) is 8.47. The van der Waals surface area contributed by atoms with Gasteiger partial charge in [-0.15, -0.1) is 11.3 Å². The molecule has 0 aliphatic rings. The number of halogens is 1. The second-order valence-corrected chi connectivity index (χ2v) is 10.5. The molecule has 0 radical (unpaired) electrons. The van der Waals surface area contributed by atoms with E-state index in [1.807, 2.05) is 66.9 Å². The maximum absolute atomic E-state index is 12.6. The number of nitrogens with one attached hydrogen (secondary N) is 1. The minimum absolute atomic E-state index is 0.148. The molecule has 0 spiro atoms.